The maximum absolute atomic E-state index is 4.85. The molecule has 0 spiro atoms. The average Bonchev–Trinajstić information content (AvgIpc) is 2.64. The van der Waals surface area contributed by atoms with E-state index in [0.29, 0.717) is 0 Å². The lowest BCUT2D eigenvalue weighted by atomic mass is 9.91. The van der Waals surface area contributed by atoms with Crippen molar-refractivity contribution in [3.63, 3.8) is 0 Å². The number of hydrogen-bond acceptors (Lipinski definition) is 4. The molecule has 17 heavy (non-hydrogen) atoms. The summed E-state index contributed by atoms with van der Waals surface area (Å²) in [6, 6.07) is 0. The number of hydrogen-bond donors (Lipinski definition) is 1. The summed E-state index contributed by atoms with van der Waals surface area (Å²) in [5.74, 6) is 0. The minimum atomic E-state index is 0.119. The quantitative estimate of drug-likeness (QED) is 0.876. The van der Waals surface area contributed by atoms with Crippen molar-refractivity contribution >= 4 is 16.5 Å². The molecule has 1 heterocycles. The van der Waals surface area contributed by atoms with Crippen molar-refractivity contribution in [3.05, 3.63) is 10.6 Å². The van der Waals surface area contributed by atoms with Gasteiger partial charge in [-0.2, -0.15) is 0 Å². The third-order valence-electron chi connectivity index (χ3n) is 2.77. The minimum Gasteiger partial charge on any atom is -0.349 e. The standard InChI is InChI=1S/C13H25N3S/c1-7-16(8-2)12-15-11(13(3,4)5)10(17-12)9-14-6/h14H,7-9H2,1-6H3. The van der Waals surface area contributed by atoms with E-state index in [9.17, 15) is 0 Å². The molecule has 0 aromatic carbocycles. The molecule has 0 radical (unpaired) electrons. The number of nitrogens with zero attached hydrogens (tertiary/aromatic N) is 2. The molecule has 0 unspecified atom stereocenters. The van der Waals surface area contributed by atoms with Crippen molar-refractivity contribution < 1.29 is 0 Å². The summed E-state index contributed by atoms with van der Waals surface area (Å²) in [4.78, 5) is 8.53. The Hall–Kier alpha value is -0.610. The molecule has 98 valence electrons. The number of nitrogens with one attached hydrogen (secondary N) is 1. The van der Waals surface area contributed by atoms with E-state index in [2.05, 4.69) is 44.8 Å². The van der Waals surface area contributed by atoms with E-state index in [1.165, 1.54) is 10.6 Å². The first-order valence-corrected chi connectivity index (χ1v) is 7.15. The van der Waals surface area contributed by atoms with Crippen LogP contribution in [0.4, 0.5) is 5.13 Å². The molecule has 0 bridgehead atoms. The summed E-state index contributed by atoms with van der Waals surface area (Å²) in [7, 11) is 1.99. The molecule has 0 atom stereocenters. The van der Waals surface area contributed by atoms with Gasteiger partial charge >= 0.3 is 0 Å². The minimum absolute atomic E-state index is 0.119. The second-order valence-corrected chi connectivity index (χ2v) is 6.28. The second-order valence-electron chi connectivity index (χ2n) is 5.22. The van der Waals surface area contributed by atoms with Crippen molar-refractivity contribution in [2.24, 2.45) is 0 Å². The number of thiazole rings is 1. The lowest BCUT2D eigenvalue weighted by Gasteiger charge is -2.18. The summed E-state index contributed by atoms with van der Waals surface area (Å²) < 4.78 is 0. The Morgan fingerprint density at radius 1 is 1.24 bits per heavy atom. The van der Waals surface area contributed by atoms with Gasteiger partial charge in [-0.15, -0.1) is 11.3 Å². The van der Waals surface area contributed by atoms with Crippen molar-refractivity contribution in [1.29, 1.82) is 0 Å². The van der Waals surface area contributed by atoms with Gasteiger partial charge in [0.2, 0.25) is 0 Å². The molecular weight excluding hydrogens is 230 g/mol. The predicted molar refractivity (Wildman–Crippen MR) is 77.1 cm³/mol. The van der Waals surface area contributed by atoms with Gasteiger partial charge in [-0.05, 0) is 20.9 Å². The lowest BCUT2D eigenvalue weighted by Crippen LogP contribution is -2.22. The fraction of sp³-hybridized carbons (Fsp3) is 0.769. The van der Waals surface area contributed by atoms with Crippen molar-refractivity contribution in [2.75, 3.05) is 25.0 Å². The SMILES string of the molecule is CCN(CC)c1nc(C(C)(C)C)c(CNC)s1. The van der Waals surface area contributed by atoms with Crippen LogP contribution in [0.3, 0.4) is 0 Å². The molecule has 1 aromatic heterocycles. The molecule has 1 aromatic rings. The van der Waals surface area contributed by atoms with E-state index in [1.807, 2.05) is 18.4 Å². The molecule has 0 aliphatic carbocycles. The van der Waals surface area contributed by atoms with Crippen LogP contribution >= 0.6 is 11.3 Å². The van der Waals surface area contributed by atoms with Gasteiger partial charge in [0.05, 0.1) is 5.69 Å². The van der Waals surface area contributed by atoms with Crippen LogP contribution in [0.5, 0.6) is 0 Å². The summed E-state index contributed by atoms with van der Waals surface area (Å²) >= 11 is 1.82. The fourth-order valence-corrected chi connectivity index (χ4v) is 3.24. The number of aromatic nitrogens is 1. The van der Waals surface area contributed by atoms with Crippen molar-refractivity contribution in [3.8, 4) is 0 Å². The highest BCUT2D eigenvalue weighted by atomic mass is 32.1. The average molecular weight is 255 g/mol. The van der Waals surface area contributed by atoms with Gasteiger partial charge in [0.15, 0.2) is 5.13 Å². The maximum Gasteiger partial charge on any atom is 0.185 e. The predicted octanol–water partition coefficient (Wildman–Crippen LogP) is 3.01. The Kier molecular flexibility index (Phi) is 4.95. The van der Waals surface area contributed by atoms with Gasteiger partial charge in [-0.1, -0.05) is 20.8 Å². The third-order valence-corrected chi connectivity index (χ3v) is 3.88. The van der Waals surface area contributed by atoms with Crippen LogP contribution in [-0.2, 0) is 12.0 Å². The summed E-state index contributed by atoms with van der Waals surface area (Å²) in [6.45, 7) is 14.0. The van der Waals surface area contributed by atoms with E-state index < -0.39 is 0 Å². The normalized spacial score (nSPS) is 11.9. The van der Waals surface area contributed by atoms with Gasteiger partial charge in [-0.25, -0.2) is 4.98 Å². The van der Waals surface area contributed by atoms with Gasteiger partial charge in [0.1, 0.15) is 0 Å². The Balaban J connectivity index is 3.11. The Labute approximate surface area is 109 Å². The second kappa shape index (κ2) is 5.83. The summed E-state index contributed by atoms with van der Waals surface area (Å²) in [5, 5.41) is 4.39. The Morgan fingerprint density at radius 2 is 1.82 bits per heavy atom. The first-order chi connectivity index (χ1) is 7.93. The van der Waals surface area contributed by atoms with Crippen LogP contribution in [-0.4, -0.2) is 25.1 Å². The smallest absolute Gasteiger partial charge is 0.185 e. The van der Waals surface area contributed by atoms with E-state index in [-0.39, 0.29) is 5.41 Å². The molecule has 0 saturated carbocycles. The van der Waals surface area contributed by atoms with Crippen LogP contribution in [0, 0.1) is 0 Å². The van der Waals surface area contributed by atoms with Crippen LogP contribution in [0.2, 0.25) is 0 Å². The zero-order valence-corrected chi connectivity index (χ0v) is 12.7. The molecule has 1 rings (SSSR count). The highest BCUT2D eigenvalue weighted by Crippen LogP contribution is 2.33. The first kappa shape index (κ1) is 14.5. The topological polar surface area (TPSA) is 28.2 Å². The van der Waals surface area contributed by atoms with E-state index in [1.54, 1.807) is 0 Å². The number of anilines is 1. The Morgan fingerprint density at radius 3 is 2.24 bits per heavy atom. The van der Waals surface area contributed by atoms with Crippen LogP contribution < -0.4 is 10.2 Å². The molecule has 0 aliphatic heterocycles. The zero-order chi connectivity index (χ0) is 13.1. The zero-order valence-electron chi connectivity index (χ0n) is 11.9. The van der Waals surface area contributed by atoms with Crippen LogP contribution in [0.15, 0.2) is 0 Å². The molecule has 4 heteroatoms. The van der Waals surface area contributed by atoms with Crippen molar-refractivity contribution in [2.45, 2.75) is 46.6 Å². The molecule has 0 aliphatic rings. The molecule has 1 N–H and O–H groups in total. The van der Waals surface area contributed by atoms with E-state index >= 15 is 0 Å². The molecule has 0 fully saturated rings. The van der Waals surface area contributed by atoms with Crippen LogP contribution in [0.1, 0.15) is 45.2 Å². The van der Waals surface area contributed by atoms with Gasteiger partial charge < -0.3 is 10.2 Å². The van der Waals surface area contributed by atoms with Gasteiger partial charge in [0.25, 0.3) is 0 Å². The lowest BCUT2D eigenvalue weighted by molar-refractivity contribution is 0.562. The van der Waals surface area contributed by atoms with E-state index in [0.717, 1.165) is 24.8 Å². The highest BCUT2D eigenvalue weighted by Gasteiger charge is 2.24. The summed E-state index contributed by atoms with van der Waals surface area (Å²) in [6.07, 6.45) is 0. The van der Waals surface area contributed by atoms with E-state index in [4.69, 9.17) is 4.98 Å². The number of rotatable bonds is 5. The Bertz CT molecular complexity index is 348. The van der Waals surface area contributed by atoms with Gasteiger partial charge in [-0.3, -0.25) is 0 Å². The third kappa shape index (κ3) is 3.42. The molecule has 0 saturated heterocycles. The van der Waals surface area contributed by atoms with Crippen molar-refractivity contribution in [1.82, 2.24) is 10.3 Å². The maximum atomic E-state index is 4.85. The monoisotopic (exact) mass is 255 g/mol. The molecular formula is C13H25N3S. The molecule has 0 amide bonds. The summed E-state index contributed by atoms with van der Waals surface area (Å²) in [5.41, 5.74) is 1.35. The first-order valence-electron chi connectivity index (χ1n) is 6.33. The fourth-order valence-electron chi connectivity index (χ4n) is 1.84. The largest absolute Gasteiger partial charge is 0.349 e. The van der Waals surface area contributed by atoms with Crippen LogP contribution in [0.25, 0.3) is 0 Å². The van der Waals surface area contributed by atoms with Gasteiger partial charge in [0, 0.05) is 29.9 Å². The molecule has 3 nitrogen and oxygen atoms in total. The highest BCUT2D eigenvalue weighted by molar-refractivity contribution is 7.15.